The lowest BCUT2D eigenvalue weighted by Gasteiger charge is -2.27. The van der Waals surface area contributed by atoms with Crippen molar-refractivity contribution < 1.29 is 19.4 Å². The number of benzene rings is 2. The molecule has 1 N–H and O–H groups in total. The topological polar surface area (TPSA) is 70.1 Å². The van der Waals surface area contributed by atoms with Crippen molar-refractivity contribution in [2.75, 3.05) is 32.8 Å². The number of aliphatic hydroxyl groups excluding tert-OH is 1. The van der Waals surface area contributed by atoms with Gasteiger partial charge in [-0.3, -0.25) is 9.59 Å². The number of ketones is 1. The van der Waals surface area contributed by atoms with Gasteiger partial charge in [-0.15, -0.1) is 0 Å². The summed E-state index contributed by atoms with van der Waals surface area (Å²) in [6, 6.07) is 13.9. The van der Waals surface area contributed by atoms with Gasteiger partial charge in [0.25, 0.3) is 11.7 Å². The molecule has 2 aromatic rings. The van der Waals surface area contributed by atoms with Gasteiger partial charge in [-0.25, -0.2) is 0 Å². The van der Waals surface area contributed by atoms with Crippen molar-refractivity contribution in [2.24, 2.45) is 0 Å². The van der Waals surface area contributed by atoms with E-state index in [1.165, 1.54) is 0 Å². The molecule has 0 radical (unpaired) electrons. The number of carbonyl (C=O) groups is 2. The standard InChI is InChI=1S/C28H35BrN2O4/c1-4-7-17-35-23-14-9-12-21(19-23)26(32)24-25(20-11-8-13-22(29)18-20)31(28(34)27(24)33)16-10-15-30(5-2)6-3/h8-9,11-14,18-19,25,32H,4-7,10,15-17H2,1-3H3. The van der Waals surface area contributed by atoms with Crippen LogP contribution in [0.15, 0.2) is 58.6 Å². The van der Waals surface area contributed by atoms with E-state index in [1.54, 1.807) is 23.1 Å². The second kappa shape index (κ2) is 12.9. The lowest BCUT2D eigenvalue weighted by molar-refractivity contribution is -0.140. The number of Topliss-reactive ketones (excluding diaryl/α,β-unsaturated/α-hetero) is 1. The third kappa shape index (κ3) is 6.53. The van der Waals surface area contributed by atoms with Gasteiger partial charge in [-0.1, -0.05) is 67.4 Å². The Morgan fingerprint density at radius 2 is 1.80 bits per heavy atom. The van der Waals surface area contributed by atoms with Gasteiger partial charge in [0.2, 0.25) is 0 Å². The molecule has 0 aromatic heterocycles. The zero-order chi connectivity index (χ0) is 25.4. The number of ether oxygens (including phenoxy) is 1. The zero-order valence-electron chi connectivity index (χ0n) is 20.8. The minimum Gasteiger partial charge on any atom is -0.507 e. The molecular formula is C28H35BrN2O4. The molecule has 1 aliphatic rings. The van der Waals surface area contributed by atoms with Gasteiger partial charge >= 0.3 is 0 Å². The molecule has 1 saturated heterocycles. The van der Waals surface area contributed by atoms with Crippen molar-refractivity contribution in [1.82, 2.24) is 9.80 Å². The highest BCUT2D eigenvalue weighted by Crippen LogP contribution is 2.40. The average molecular weight is 544 g/mol. The van der Waals surface area contributed by atoms with Crippen molar-refractivity contribution in [3.63, 3.8) is 0 Å². The number of nitrogens with zero attached hydrogens (tertiary/aromatic N) is 2. The van der Waals surface area contributed by atoms with Crippen LogP contribution in [-0.2, 0) is 9.59 Å². The van der Waals surface area contributed by atoms with Crippen LogP contribution in [0.1, 0.15) is 57.2 Å². The highest BCUT2D eigenvalue weighted by atomic mass is 79.9. The fourth-order valence-electron chi connectivity index (χ4n) is 4.36. The number of carbonyl (C=O) groups excluding carboxylic acids is 2. The van der Waals surface area contributed by atoms with E-state index < -0.39 is 17.7 Å². The van der Waals surface area contributed by atoms with Gasteiger partial charge < -0.3 is 19.6 Å². The fourth-order valence-corrected chi connectivity index (χ4v) is 4.78. The lowest BCUT2D eigenvalue weighted by atomic mass is 9.95. The number of hydrogen-bond acceptors (Lipinski definition) is 5. The van der Waals surface area contributed by atoms with E-state index in [-0.39, 0.29) is 11.3 Å². The Morgan fingerprint density at radius 3 is 2.49 bits per heavy atom. The quantitative estimate of drug-likeness (QED) is 0.159. The van der Waals surface area contributed by atoms with Crippen LogP contribution in [0.4, 0.5) is 0 Å². The zero-order valence-corrected chi connectivity index (χ0v) is 22.4. The predicted octanol–water partition coefficient (Wildman–Crippen LogP) is 5.78. The molecule has 3 rings (SSSR count). The summed E-state index contributed by atoms with van der Waals surface area (Å²) in [4.78, 5) is 30.3. The van der Waals surface area contributed by atoms with E-state index >= 15 is 0 Å². The summed E-state index contributed by atoms with van der Waals surface area (Å²) in [6.07, 6.45) is 2.68. The van der Waals surface area contributed by atoms with Crippen LogP contribution in [0.2, 0.25) is 0 Å². The summed E-state index contributed by atoms with van der Waals surface area (Å²) in [7, 11) is 0. The first-order valence-corrected chi connectivity index (χ1v) is 13.2. The van der Waals surface area contributed by atoms with Crippen molar-refractivity contribution >= 4 is 33.4 Å². The summed E-state index contributed by atoms with van der Waals surface area (Å²) in [5.41, 5.74) is 1.35. The van der Waals surface area contributed by atoms with E-state index in [4.69, 9.17) is 4.74 Å². The molecule has 188 valence electrons. The van der Waals surface area contributed by atoms with Crippen molar-refractivity contribution in [3.8, 4) is 5.75 Å². The molecule has 7 heteroatoms. The Bertz CT molecular complexity index is 1060. The molecule has 6 nitrogen and oxygen atoms in total. The van der Waals surface area contributed by atoms with Crippen LogP contribution in [0.25, 0.3) is 5.76 Å². The van der Waals surface area contributed by atoms with Crippen LogP contribution in [-0.4, -0.2) is 59.4 Å². The normalized spacial score (nSPS) is 17.4. The first-order valence-electron chi connectivity index (χ1n) is 12.4. The van der Waals surface area contributed by atoms with E-state index in [2.05, 4.69) is 41.6 Å². The van der Waals surface area contributed by atoms with Crippen LogP contribution in [0.5, 0.6) is 5.75 Å². The van der Waals surface area contributed by atoms with Gasteiger partial charge in [0.1, 0.15) is 11.5 Å². The van der Waals surface area contributed by atoms with Crippen molar-refractivity contribution in [3.05, 3.63) is 69.7 Å². The Balaban J connectivity index is 1.99. The Hall–Kier alpha value is -2.64. The summed E-state index contributed by atoms with van der Waals surface area (Å²) in [5.74, 6) is -0.797. The fraction of sp³-hybridized carbons (Fsp3) is 0.429. The Kier molecular flexibility index (Phi) is 9.93. The molecule has 0 saturated carbocycles. The molecule has 0 aliphatic carbocycles. The monoisotopic (exact) mass is 542 g/mol. The van der Waals surface area contributed by atoms with Crippen molar-refractivity contribution in [2.45, 2.75) is 46.1 Å². The van der Waals surface area contributed by atoms with Crippen LogP contribution in [0, 0.1) is 0 Å². The molecule has 1 amide bonds. The maximum Gasteiger partial charge on any atom is 0.295 e. The smallest absolute Gasteiger partial charge is 0.295 e. The molecule has 1 heterocycles. The van der Waals surface area contributed by atoms with Gasteiger partial charge in [-0.2, -0.15) is 0 Å². The highest BCUT2D eigenvalue weighted by molar-refractivity contribution is 9.10. The summed E-state index contributed by atoms with van der Waals surface area (Å²) < 4.78 is 6.63. The van der Waals surface area contributed by atoms with E-state index in [1.807, 2.05) is 30.3 Å². The van der Waals surface area contributed by atoms with Crippen LogP contribution >= 0.6 is 15.9 Å². The molecule has 1 unspecified atom stereocenters. The minimum absolute atomic E-state index is 0.113. The van der Waals surface area contributed by atoms with E-state index in [9.17, 15) is 14.7 Å². The summed E-state index contributed by atoms with van der Waals surface area (Å²) in [5, 5.41) is 11.3. The van der Waals surface area contributed by atoms with Crippen LogP contribution in [0.3, 0.4) is 0 Å². The molecular weight excluding hydrogens is 508 g/mol. The predicted molar refractivity (Wildman–Crippen MR) is 142 cm³/mol. The lowest BCUT2D eigenvalue weighted by Crippen LogP contribution is -2.33. The second-order valence-corrected chi connectivity index (χ2v) is 9.57. The number of hydrogen-bond donors (Lipinski definition) is 1. The van der Waals surface area contributed by atoms with E-state index in [0.717, 1.165) is 48.9 Å². The molecule has 2 aromatic carbocycles. The highest BCUT2D eigenvalue weighted by Gasteiger charge is 2.45. The third-order valence-electron chi connectivity index (χ3n) is 6.35. The second-order valence-electron chi connectivity index (χ2n) is 8.66. The average Bonchev–Trinajstić information content (AvgIpc) is 3.11. The summed E-state index contributed by atoms with van der Waals surface area (Å²) >= 11 is 3.50. The maximum atomic E-state index is 13.2. The maximum absolute atomic E-state index is 13.2. The number of amides is 1. The number of halogens is 1. The molecule has 0 bridgehead atoms. The Morgan fingerprint density at radius 1 is 1.06 bits per heavy atom. The van der Waals surface area contributed by atoms with Gasteiger partial charge in [0.05, 0.1) is 18.2 Å². The molecule has 1 atom stereocenters. The van der Waals surface area contributed by atoms with Gasteiger partial charge in [0.15, 0.2) is 0 Å². The molecule has 1 fully saturated rings. The van der Waals surface area contributed by atoms with Gasteiger partial charge in [0, 0.05) is 16.6 Å². The van der Waals surface area contributed by atoms with Crippen molar-refractivity contribution in [1.29, 1.82) is 0 Å². The van der Waals surface area contributed by atoms with Crippen LogP contribution < -0.4 is 4.74 Å². The molecule has 1 aliphatic heterocycles. The minimum atomic E-state index is -0.660. The number of likely N-dealkylation sites (tertiary alicyclic amines) is 1. The molecule has 35 heavy (non-hydrogen) atoms. The number of aliphatic hydroxyl groups is 1. The number of unbranched alkanes of at least 4 members (excludes halogenated alkanes) is 1. The first kappa shape index (κ1) is 27.0. The largest absolute Gasteiger partial charge is 0.507 e. The molecule has 0 spiro atoms. The van der Waals surface area contributed by atoms with E-state index in [0.29, 0.717) is 24.5 Å². The SMILES string of the molecule is CCCCOc1cccc(C(O)=C2C(=O)C(=O)N(CCCN(CC)CC)C2c2cccc(Br)c2)c1. The Labute approximate surface area is 216 Å². The summed E-state index contributed by atoms with van der Waals surface area (Å²) in [6.45, 7) is 10.0. The van der Waals surface area contributed by atoms with Gasteiger partial charge in [-0.05, 0) is 62.3 Å². The first-order chi connectivity index (χ1) is 16.9. The third-order valence-corrected chi connectivity index (χ3v) is 6.84. The number of rotatable bonds is 12.